The van der Waals surface area contributed by atoms with E-state index in [0.29, 0.717) is 18.9 Å². The van der Waals surface area contributed by atoms with Gasteiger partial charge < -0.3 is 21.1 Å². The second-order valence-electron chi connectivity index (χ2n) is 6.10. The molecule has 0 amide bonds. The highest BCUT2D eigenvalue weighted by Gasteiger charge is 2.27. The van der Waals surface area contributed by atoms with Gasteiger partial charge in [-0.2, -0.15) is 0 Å². The number of guanidine groups is 1. The van der Waals surface area contributed by atoms with Crippen LogP contribution in [-0.2, 0) is 12.8 Å². The molecule has 25 heavy (non-hydrogen) atoms. The van der Waals surface area contributed by atoms with Gasteiger partial charge in [0.1, 0.15) is 11.4 Å². The van der Waals surface area contributed by atoms with Crippen molar-refractivity contribution in [1.82, 2.24) is 10.6 Å². The van der Waals surface area contributed by atoms with Gasteiger partial charge in [-0.15, -0.1) is 0 Å². The van der Waals surface area contributed by atoms with Crippen LogP contribution >= 0.6 is 0 Å². The summed E-state index contributed by atoms with van der Waals surface area (Å²) in [7, 11) is 1.67. The highest BCUT2D eigenvalue weighted by atomic mass is 16.5. The second kappa shape index (κ2) is 7.85. The van der Waals surface area contributed by atoms with Gasteiger partial charge >= 0.3 is 0 Å². The molecule has 5 heteroatoms. The number of nitrogens with one attached hydrogen (secondary N) is 2. The SMILES string of the molecule is COc1ccccc1CC1(N)C=CNC(=NCCc2ccccc2)N1. The van der Waals surface area contributed by atoms with E-state index < -0.39 is 5.66 Å². The number of ether oxygens (including phenoxy) is 1. The van der Waals surface area contributed by atoms with E-state index in [0.717, 1.165) is 17.7 Å². The molecule has 0 spiro atoms. The van der Waals surface area contributed by atoms with E-state index in [1.165, 1.54) is 5.56 Å². The van der Waals surface area contributed by atoms with Crippen LogP contribution in [-0.4, -0.2) is 25.3 Å². The van der Waals surface area contributed by atoms with E-state index >= 15 is 0 Å². The minimum Gasteiger partial charge on any atom is -0.496 e. The molecule has 1 aliphatic rings. The lowest BCUT2D eigenvalue weighted by Gasteiger charge is -2.32. The van der Waals surface area contributed by atoms with Crippen molar-refractivity contribution in [1.29, 1.82) is 0 Å². The average Bonchev–Trinajstić information content (AvgIpc) is 2.63. The Morgan fingerprint density at radius 3 is 2.64 bits per heavy atom. The summed E-state index contributed by atoms with van der Waals surface area (Å²) in [5.41, 5.74) is 8.13. The van der Waals surface area contributed by atoms with Crippen molar-refractivity contribution < 1.29 is 4.74 Å². The molecule has 2 aromatic rings. The smallest absolute Gasteiger partial charge is 0.197 e. The summed E-state index contributed by atoms with van der Waals surface area (Å²) in [5, 5.41) is 6.41. The number of nitrogens with zero attached hydrogens (tertiary/aromatic N) is 1. The van der Waals surface area contributed by atoms with Crippen LogP contribution in [0.25, 0.3) is 0 Å². The molecule has 4 N–H and O–H groups in total. The number of benzene rings is 2. The molecule has 0 bridgehead atoms. The summed E-state index contributed by atoms with van der Waals surface area (Å²) < 4.78 is 5.42. The number of aliphatic imine (C=N–C) groups is 1. The summed E-state index contributed by atoms with van der Waals surface area (Å²) in [6, 6.07) is 18.2. The normalized spacial score (nSPS) is 20.8. The topological polar surface area (TPSA) is 71.7 Å². The molecule has 0 aliphatic carbocycles. The molecule has 2 aromatic carbocycles. The van der Waals surface area contributed by atoms with Crippen molar-refractivity contribution >= 4 is 5.96 Å². The van der Waals surface area contributed by atoms with Crippen LogP contribution < -0.4 is 21.1 Å². The van der Waals surface area contributed by atoms with Crippen LogP contribution in [0, 0.1) is 0 Å². The molecule has 5 nitrogen and oxygen atoms in total. The number of nitrogens with two attached hydrogens (primary N) is 1. The van der Waals surface area contributed by atoms with Gasteiger partial charge in [-0.05, 0) is 29.7 Å². The lowest BCUT2D eigenvalue weighted by atomic mass is 9.98. The molecular formula is C20H24N4O. The molecule has 0 fully saturated rings. The summed E-state index contributed by atoms with van der Waals surface area (Å²) in [4.78, 5) is 4.59. The molecule has 130 valence electrons. The van der Waals surface area contributed by atoms with Crippen LogP contribution in [0.2, 0.25) is 0 Å². The number of methoxy groups -OCH3 is 1. The van der Waals surface area contributed by atoms with Gasteiger partial charge in [0.25, 0.3) is 0 Å². The second-order valence-corrected chi connectivity index (χ2v) is 6.10. The lowest BCUT2D eigenvalue weighted by molar-refractivity contribution is 0.398. The van der Waals surface area contributed by atoms with Crippen LogP contribution in [0.3, 0.4) is 0 Å². The van der Waals surface area contributed by atoms with Gasteiger partial charge in [0, 0.05) is 19.2 Å². The van der Waals surface area contributed by atoms with E-state index in [1.54, 1.807) is 7.11 Å². The van der Waals surface area contributed by atoms with Crippen LogP contribution in [0.4, 0.5) is 0 Å². The number of rotatable bonds is 6. The number of hydrogen-bond acceptors (Lipinski definition) is 3. The number of hydrogen-bond donors (Lipinski definition) is 3. The first-order valence-corrected chi connectivity index (χ1v) is 8.40. The first kappa shape index (κ1) is 17.0. The van der Waals surface area contributed by atoms with Crippen molar-refractivity contribution in [3.8, 4) is 5.75 Å². The predicted octanol–water partition coefficient (Wildman–Crippen LogP) is 2.20. The third-order valence-electron chi connectivity index (χ3n) is 4.14. The fourth-order valence-corrected chi connectivity index (χ4v) is 2.86. The van der Waals surface area contributed by atoms with Crippen molar-refractivity contribution in [3.63, 3.8) is 0 Å². The molecule has 1 atom stereocenters. The monoisotopic (exact) mass is 336 g/mol. The molecular weight excluding hydrogens is 312 g/mol. The maximum Gasteiger partial charge on any atom is 0.197 e. The Balaban J connectivity index is 1.64. The molecule has 1 heterocycles. The fraction of sp³-hybridized carbons (Fsp3) is 0.250. The highest BCUT2D eigenvalue weighted by Crippen LogP contribution is 2.22. The average molecular weight is 336 g/mol. The maximum absolute atomic E-state index is 6.51. The summed E-state index contributed by atoms with van der Waals surface area (Å²) in [5.74, 6) is 1.53. The van der Waals surface area contributed by atoms with E-state index in [9.17, 15) is 0 Å². The summed E-state index contributed by atoms with van der Waals surface area (Å²) in [6.07, 6.45) is 5.25. The van der Waals surface area contributed by atoms with Crippen LogP contribution in [0.1, 0.15) is 11.1 Å². The largest absolute Gasteiger partial charge is 0.496 e. The maximum atomic E-state index is 6.51. The van der Waals surface area contributed by atoms with Crippen molar-refractivity contribution in [3.05, 3.63) is 78.0 Å². The van der Waals surface area contributed by atoms with E-state index in [1.807, 2.05) is 54.7 Å². The van der Waals surface area contributed by atoms with Crippen molar-refractivity contribution in [2.24, 2.45) is 10.7 Å². The third-order valence-corrected chi connectivity index (χ3v) is 4.14. The predicted molar refractivity (Wildman–Crippen MR) is 101 cm³/mol. The van der Waals surface area contributed by atoms with Gasteiger partial charge in [0.05, 0.1) is 7.11 Å². The molecule has 0 saturated heterocycles. The van der Waals surface area contributed by atoms with E-state index in [2.05, 4.69) is 27.8 Å². The molecule has 0 aromatic heterocycles. The Morgan fingerprint density at radius 1 is 1.08 bits per heavy atom. The van der Waals surface area contributed by atoms with Gasteiger partial charge in [0.2, 0.25) is 0 Å². The standard InChI is InChI=1S/C20H24N4O/c1-25-18-10-6-5-9-17(18)15-20(21)12-14-23-19(24-20)22-13-11-16-7-3-2-4-8-16/h2-10,12,14H,11,13,15,21H2,1H3,(H2,22,23,24). The summed E-state index contributed by atoms with van der Waals surface area (Å²) >= 11 is 0. The molecule has 3 rings (SSSR count). The molecule has 1 unspecified atom stereocenters. The zero-order valence-electron chi connectivity index (χ0n) is 14.4. The molecule has 0 radical (unpaired) electrons. The highest BCUT2D eigenvalue weighted by molar-refractivity contribution is 5.83. The Morgan fingerprint density at radius 2 is 1.84 bits per heavy atom. The first-order chi connectivity index (χ1) is 12.2. The minimum absolute atomic E-state index is 0.604. The molecule has 0 saturated carbocycles. The fourth-order valence-electron chi connectivity index (χ4n) is 2.86. The Bertz CT molecular complexity index is 757. The minimum atomic E-state index is -0.703. The Labute approximate surface area is 148 Å². The first-order valence-electron chi connectivity index (χ1n) is 8.40. The van der Waals surface area contributed by atoms with Crippen molar-refractivity contribution in [2.75, 3.05) is 13.7 Å². The third kappa shape index (κ3) is 4.61. The quantitative estimate of drug-likeness (QED) is 0.756. The van der Waals surface area contributed by atoms with Gasteiger partial charge in [0.15, 0.2) is 5.96 Å². The Kier molecular flexibility index (Phi) is 5.36. The van der Waals surface area contributed by atoms with Gasteiger partial charge in [-0.25, -0.2) is 0 Å². The lowest BCUT2D eigenvalue weighted by Crippen LogP contribution is -2.61. The van der Waals surface area contributed by atoms with E-state index in [4.69, 9.17) is 10.5 Å². The van der Waals surface area contributed by atoms with E-state index in [-0.39, 0.29) is 0 Å². The summed E-state index contributed by atoms with van der Waals surface area (Å²) in [6.45, 7) is 0.692. The zero-order valence-corrected chi connectivity index (χ0v) is 14.4. The van der Waals surface area contributed by atoms with Crippen LogP contribution in [0.5, 0.6) is 5.75 Å². The Hall–Kier alpha value is -2.79. The number of para-hydroxylation sites is 1. The van der Waals surface area contributed by atoms with Gasteiger partial charge in [-0.3, -0.25) is 4.99 Å². The zero-order chi connectivity index (χ0) is 17.5. The molecule has 1 aliphatic heterocycles. The van der Waals surface area contributed by atoms with Crippen LogP contribution in [0.15, 0.2) is 71.9 Å². The van der Waals surface area contributed by atoms with Crippen molar-refractivity contribution in [2.45, 2.75) is 18.5 Å². The van der Waals surface area contributed by atoms with Gasteiger partial charge in [-0.1, -0.05) is 48.5 Å².